The van der Waals surface area contributed by atoms with Gasteiger partial charge in [-0.15, -0.1) is 0 Å². The molecule has 0 rings (SSSR count). The molecule has 0 amide bonds. The van der Waals surface area contributed by atoms with E-state index in [1.807, 2.05) is 13.8 Å². The molecule has 3 heteroatoms. The summed E-state index contributed by atoms with van der Waals surface area (Å²) in [6.45, 7) is 5.12. The van der Waals surface area contributed by atoms with Crippen LogP contribution in [-0.2, 0) is 17.1 Å². The second-order valence-corrected chi connectivity index (χ2v) is 1.50. The van der Waals surface area contributed by atoms with Crippen molar-refractivity contribution in [2.75, 3.05) is 13.1 Å². The van der Waals surface area contributed by atoms with Crippen LogP contribution in [-0.4, -0.2) is 13.1 Å². The Balaban J connectivity index is -0.0000000720. The van der Waals surface area contributed by atoms with Crippen LogP contribution in [0.2, 0.25) is 0 Å². The van der Waals surface area contributed by atoms with Gasteiger partial charge in [0, 0.05) is 0 Å². The molecule has 9 heavy (non-hydrogen) atoms. The van der Waals surface area contributed by atoms with Crippen LogP contribution in [0.15, 0.2) is 0 Å². The maximum absolute atomic E-state index is 6.45. The van der Waals surface area contributed by atoms with Gasteiger partial charge in [0.1, 0.15) is 0 Å². The van der Waals surface area contributed by atoms with Crippen molar-refractivity contribution in [2.24, 2.45) is 0 Å². The molecule has 0 saturated heterocycles. The Morgan fingerprint density at radius 3 is 1.00 bits per heavy atom. The van der Waals surface area contributed by atoms with Crippen LogP contribution in [0.5, 0.6) is 0 Å². The van der Waals surface area contributed by atoms with Gasteiger partial charge >= 0.3 is 17.1 Å². The maximum Gasteiger partial charge on any atom is 2.00 e. The topological polar surface area (TPSA) is 47.6 Å². The first-order chi connectivity index (χ1) is 3.83. The van der Waals surface area contributed by atoms with Crippen molar-refractivity contribution in [3.63, 3.8) is 0 Å². The third kappa shape index (κ3) is 58.8. The Labute approximate surface area is 68.8 Å². The Hall–Kier alpha value is 0.439. The molecule has 0 atom stereocenters. The van der Waals surface area contributed by atoms with Gasteiger partial charge in [-0.25, -0.2) is 0 Å². The minimum Gasteiger partial charge on any atom is -0.677 e. The van der Waals surface area contributed by atoms with Gasteiger partial charge in [0.2, 0.25) is 0 Å². The Kier molecular flexibility index (Phi) is 42.7. The van der Waals surface area contributed by atoms with Crippen LogP contribution in [0, 0.1) is 0 Å². The quantitative estimate of drug-likeness (QED) is 0.586. The van der Waals surface area contributed by atoms with Gasteiger partial charge in [0.15, 0.2) is 0 Å². The summed E-state index contributed by atoms with van der Waals surface area (Å²) in [5, 5.41) is 0. The molecule has 0 saturated carbocycles. The third-order valence-electron chi connectivity index (χ3n) is 0.500. The Morgan fingerprint density at radius 1 is 0.889 bits per heavy atom. The van der Waals surface area contributed by atoms with E-state index in [0.29, 0.717) is 13.1 Å². The summed E-state index contributed by atoms with van der Waals surface area (Å²) in [7, 11) is 0. The van der Waals surface area contributed by atoms with Crippen molar-refractivity contribution < 1.29 is 17.1 Å². The van der Waals surface area contributed by atoms with Gasteiger partial charge in [-0.3, -0.25) is 0 Å². The zero-order chi connectivity index (χ0) is 6.83. The molecule has 1 radical (unpaired) electrons. The monoisotopic (exact) mass is 179 g/mol. The molecule has 61 valence electrons. The maximum atomic E-state index is 6.45. The number of hydrogen-bond donors (Lipinski definition) is 0. The van der Waals surface area contributed by atoms with Gasteiger partial charge < -0.3 is 11.5 Å². The predicted molar refractivity (Wildman–Crippen MR) is 39.0 cm³/mol. The molecule has 0 fully saturated rings. The first-order valence-corrected chi connectivity index (χ1v) is 3.12. The zero-order valence-corrected chi connectivity index (χ0v) is 7.07. The van der Waals surface area contributed by atoms with E-state index in [9.17, 15) is 0 Å². The van der Waals surface area contributed by atoms with E-state index >= 15 is 0 Å². The van der Waals surface area contributed by atoms with Gasteiger partial charge in [-0.1, -0.05) is 26.7 Å². The second-order valence-electron chi connectivity index (χ2n) is 1.50. The first kappa shape index (κ1) is 16.2. The first-order valence-electron chi connectivity index (χ1n) is 3.12. The smallest absolute Gasteiger partial charge is 0.677 e. The summed E-state index contributed by atoms with van der Waals surface area (Å²) in [4.78, 5) is 0. The molecule has 2 nitrogen and oxygen atoms in total. The summed E-state index contributed by atoms with van der Waals surface area (Å²) in [5.74, 6) is 0. The zero-order valence-electron chi connectivity index (χ0n) is 6.13. The third-order valence-corrected chi connectivity index (χ3v) is 0.500. The van der Waals surface area contributed by atoms with Crippen molar-refractivity contribution in [3.05, 3.63) is 11.5 Å². The standard InChI is InChI=1S/2C3H8N.Cu/c2*1-2-3-4;/h2*4H,2-3H2,1H3;/q2*-1;+2. The predicted octanol–water partition coefficient (Wildman–Crippen LogP) is 2.89. The molecule has 0 aliphatic heterocycles. The van der Waals surface area contributed by atoms with Crippen LogP contribution in [0.25, 0.3) is 11.5 Å². The average Bonchev–Trinajstić information content (AvgIpc) is 1.88. The molecule has 0 bridgehead atoms. The Bertz CT molecular complexity index is 19.0. The molecule has 0 aromatic carbocycles. The van der Waals surface area contributed by atoms with E-state index in [1.165, 1.54) is 0 Å². The van der Waals surface area contributed by atoms with Gasteiger partial charge in [0.25, 0.3) is 0 Å². The fraction of sp³-hybridized carbons (Fsp3) is 1.00. The van der Waals surface area contributed by atoms with Crippen molar-refractivity contribution in [1.29, 1.82) is 0 Å². The largest absolute Gasteiger partial charge is 2.00 e. The molecule has 0 aromatic heterocycles. The second kappa shape index (κ2) is 23.7. The van der Waals surface area contributed by atoms with Gasteiger partial charge in [0.05, 0.1) is 0 Å². The minimum atomic E-state index is 0. The molecule has 0 spiro atoms. The Morgan fingerprint density at radius 2 is 1.00 bits per heavy atom. The molecule has 0 aromatic rings. The fourth-order valence-electron chi connectivity index (χ4n) is 0. The number of hydrogen-bond acceptors (Lipinski definition) is 0. The van der Waals surface area contributed by atoms with Crippen molar-refractivity contribution in [2.45, 2.75) is 26.7 Å². The normalized spacial score (nSPS) is 6.67. The summed E-state index contributed by atoms with van der Waals surface area (Å²) in [6.07, 6.45) is 1.97. The fourth-order valence-corrected chi connectivity index (χ4v) is 0. The van der Waals surface area contributed by atoms with E-state index in [1.54, 1.807) is 0 Å². The van der Waals surface area contributed by atoms with Crippen molar-refractivity contribution >= 4 is 0 Å². The average molecular weight is 180 g/mol. The van der Waals surface area contributed by atoms with E-state index in [4.69, 9.17) is 11.5 Å². The minimum absolute atomic E-state index is 0. The van der Waals surface area contributed by atoms with Crippen LogP contribution >= 0.6 is 0 Å². The van der Waals surface area contributed by atoms with E-state index in [2.05, 4.69) is 0 Å². The van der Waals surface area contributed by atoms with Gasteiger partial charge in [-0.2, -0.15) is 13.1 Å². The summed E-state index contributed by atoms with van der Waals surface area (Å²) in [6, 6.07) is 0. The molecule has 2 N–H and O–H groups in total. The van der Waals surface area contributed by atoms with E-state index in [0.717, 1.165) is 12.8 Å². The van der Waals surface area contributed by atoms with Crippen molar-refractivity contribution in [3.8, 4) is 0 Å². The molecule has 0 aliphatic carbocycles. The number of nitrogens with one attached hydrogen (secondary N) is 2. The molecule has 0 unspecified atom stereocenters. The van der Waals surface area contributed by atoms with Crippen LogP contribution in [0.3, 0.4) is 0 Å². The SMILES string of the molecule is CCC[NH-].CCC[NH-].[Cu+2]. The van der Waals surface area contributed by atoms with E-state index < -0.39 is 0 Å². The number of rotatable bonds is 2. The summed E-state index contributed by atoms with van der Waals surface area (Å²) < 4.78 is 0. The van der Waals surface area contributed by atoms with Gasteiger partial charge in [-0.05, 0) is 0 Å². The molecular formula is C6H16CuN2. The van der Waals surface area contributed by atoms with E-state index in [-0.39, 0.29) is 17.1 Å². The van der Waals surface area contributed by atoms with Crippen molar-refractivity contribution in [1.82, 2.24) is 0 Å². The summed E-state index contributed by atoms with van der Waals surface area (Å²) >= 11 is 0. The van der Waals surface area contributed by atoms with Crippen LogP contribution in [0.4, 0.5) is 0 Å². The summed E-state index contributed by atoms with van der Waals surface area (Å²) in [5.41, 5.74) is 12.9. The van der Waals surface area contributed by atoms with Crippen LogP contribution < -0.4 is 0 Å². The van der Waals surface area contributed by atoms with Crippen LogP contribution in [0.1, 0.15) is 26.7 Å². The molecule has 0 heterocycles. The molecular weight excluding hydrogens is 164 g/mol. The molecule has 0 aliphatic rings.